The van der Waals surface area contributed by atoms with Gasteiger partial charge in [-0.1, -0.05) is 0 Å². The van der Waals surface area contributed by atoms with Gasteiger partial charge in [-0.05, 0) is 146 Å². The van der Waals surface area contributed by atoms with Crippen LogP contribution in [0.15, 0.2) is 97.1 Å². The zero-order valence-corrected chi connectivity index (χ0v) is 29.3. The number of rotatable bonds is 0. The monoisotopic (exact) mass is 710 g/mol. The summed E-state index contributed by atoms with van der Waals surface area (Å²) in [6, 6.07) is 32.7. The van der Waals surface area contributed by atoms with Crippen molar-refractivity contribution in [1.29, 1.82) is 0 Å². The van der Waals surface area contributed by atoms with E-state index in [1.165, 1.54) is 0 Å². The minimum absolute atomic E-state index is 0. The van der Waals surface area contributed by atoms with Crippen LogP contribution in [0.25, 0.3) is 92.7 Å². The fourth-order valence-corrected chi connectivity index (χ4v) is 5.89. The van der Waals surface area contributed by atoms with Gasteiger partial charge >= 0.3 is 23.1 Å². The summed E-state index contributed by atoms with van der Waals surface area (Å²) in [5.41, 5.74) is 15.7. The van der Waals surface area contributed by atoms with Crippen LogP contribution in [0.4, 0.5) is 0 Å². The summed E-state index contributed by atoms with van der Waals surface area (Å²) in [6.07, 6.45) is 16.2. The van der Waals surface area contributed by atoms with Gasteiger partial charge < -0.3 is 19.9 Å². The molecule has 10 rings (SSSR count). The van der Waals surface area contributed by atoms with E-state index in [0.717, 1.165) is 89.7 Å². The molecule has 0 fully saturated rings. The number of nitrogens with one attached hydrogen (secondary N) is 4. The molecule has 0 saturated heterocycles. The van der Waals surface area contributed by atoms with Crippen LogP contribution in [0, 0.1) is 0 Å². The van der Waals surface area contributed by atoms with Crippen LogP contribution in [0.5, 0.6) is 0 Å². The average Bonchev–Trinajstić information content (AvgIpc) is 3.91. The molecule has 6 aromatic rings. The van der Waals surface area contributed by atoms with Crippen molar-refractivity contribution in [3.63, 3.8) is 0 Å². The third-order valence-corrected chi connectivity index (χ3v) is 8.08. The number of hydrogen-bond donors (Lipinski definition) is 4. The van der Waals surface area contributed by atoms with Crippen LogP contribution in [-0.2, 0) is 19.5 Å². The van der Waals surface area contributed by atoms with E-state index in [4.69, 9.17) is 0 Å². The standard InChI is InChI=1S/2C20H14N4.Mg.Zn.2H/c2*1-2-14-10-16-5-6-18(23-16)12-20-8-7-19(24-20)11-17-4-3-15(22-17)9-13(1)21-14;;;;/h2*1-12,21,24H;;;;. The van der Waals surface area contributed by atoms with Crippen molar-refractivity contribution >= 4 is 116 Å². The van der Waals surface area contributed by atoms with Crippen molar-refractivity contribution in [3.05, 3.63) is 143 Å². The first-order valence-electron chi connectivity index (χ1n) is 15.7. The maximum Gasteiger partial charge on any atom is 0.316 e. The zero-order valence-electron chi connectivity index (χ0n) is 26.4. The number of nitrogens with zero attached hydrogens (tertiary/aromatic N) is 4. The molecular weight excluding hydrogens is 682 g/mol. The van der Waals surface area contributed by atoms with Crippen molar-refractivity contribution < 1.29 is 19.5 Å². The van der Waals surface area contributed by atoms with E-state index in [1.54, 1.807) is 0 Å². The fourth-order valence-electron chi connectivity index (χ4n) is 5.89. The van der Waals surface area contributed by atoms with Gasteiger partial charge in [-0.15, -0.1) is 0 Å². The molecule has 0 saturated carbocycles. The van der Waals surface area contributed by atoms with Gasteiger partial charge in [0.05, 0.1) is 45.6 Å². The Labute approximate surface area is 315 Å². The molecule has 234 valence electrons. The number of fused-ring (bicyclic) bond motifs is 16. The van der Waals surface area contributed by atoms with Gasteiger partial charge in [-0.2, -0.15) is 0 Å². The van der Waals surface area contributed by atoms with Gasteiger partial charge in [0.1, 0.15) is 0 Å². The third-order valence-electron chi connectivity index (χ3n) is 8.08. The molecule has 8 nitrogen and oxygen atoms in total. The molecule has 16 bridgehead atoms. The maximum atomic E-state index is 4.63. The Kier molecular flexibility index (Phi) is 9.41. The van der Waals surface area contributed by atoms with E-state index in [2.05, 4.69) is 88.4 Å². The summed E-state index contributed by atoms with van der Waals surface area (Å²) < 4.78 is 0. The van der Waals surface area contributed by atoms with Crippen molar-refractivity contribution in [2.75, 3.05) is 0 Å². The van der Waals surface area contributed by atoms with Crippen molar-refractivity contribution in [1.82, 2.24) is 39.9 Å². The summed E-state index contributed by atoms with van der Waals surface area (Å²) in [4.78, 5) is 32.0. The van der Waals surface area contributed by atoms with E-state index in [0.29, 0.717) is 0 Å². The molecule has 50 heavy (non-hydrogen) atoms. The molecule has 10 heteroatoms. The maximum absolute atomic E-state index is 4.63. The molecular formula is C40H30MgN8Zn. The van der Waals surface area contributed by atoms with Crippen LogP contribution in [-0.4, -0.2) is 62.9 Å². The molecule has 0 radical (unpaired) electrons. The summed E-state index contributed by atoms with van der Waals surface area (Å²) in [5, 5.41) is 0. The van der Waals surface area contributed by atoms with Crippen molar-refractivity contribution in [2.24, 2.45) is 0 Å². The van der Waals surface area contributed by atoms with Crippen molar-refractivity contribution in [3.8, 4) is 0 Å². The van der Waals surface area contributed by atoms with Crippen LogP contribution in [0.1, 0.15) is 45.6 Å². The molecule has 4 aliphatic rings. The van der Waals surface area contributed by atoms with Crippen molar-refractivity contribution in [2.45, 2.75) is 0 Å². The molecule has 0 aliphatic carbocycles. The van der Waals surface area contributed by atoms with Gasteiger partial charge in [0.2, 0.25) is 0 Å². The Hall–Kier alpha value is -5.41. The summed E-state index contributed by atoms with van der Waals surface area (Å²) >= 11 is 0. The minimum atomic E-state index is 0. The second-order valence-corrected chi connectivity index (χ2v) is 11.8. The number of aromatic amines is 4. The van der Waals surface area contributed by atoms with Crippen LogP contribution in [0.3, 0.4) is 0 Å². The quantitative estimate of drug-likeness (QED) is 0.118. The molecule has 0 unspecified atom stereocenters. The first-order valence-corrected chi connectivity index (χ1v) is 15.7. The Morgan fingerprint density at radius 3 is 0.540 bits per heavy atom. The molecule has 0 aromatic carbocycles. The summed E-state index contributed by atoms with van der Waals surface area (Å²) in [7, 11) is 0. The second-order valence-electron chi connectivity index (χ2n) is 11.8. The summed E-state index contributed by atoms with van der Waals surface area (Å²) in [6.45, 7) is 0. The molecule has 6 aromatic heterocycles. The van der Waals surface area contributed by atoms with Gasteiger partial charge in [0, 0.05) is 63.6 Å². The second kappa shape index (κ2) is 14.2. The van der Waals surface area contributed by atoms with Crippen LogP contribution in [0.2, 0.25) is 0 Å². The molecule has 0 amide bonds. The van der Waals surface area contributed by atoms with E-state index in [-0.39, 0.29) is 42.5 Å². The molecule has 0 atom stereocenters. The molecule has 0 spiro atoms. The fraction of sp³-hybridized carbons (Fsp3) is 0. The third kappa shape index (κ3) is 7.58. The number of H-pyrrole nitrogens is 4. The zero-order chi connectivity index (χ0) is 31.9. The topological polar surface area (TPSA) is 115 Å². The summed E-state index contributed by atoms with van der Waals surface area (Å²) in [5.74, 6) is 0. The smallest absolute Gasteiger partial charge is 0.316 e. The van der Waals surface area contributed by atoms with Gasteiger partial charge in [0.25, 0.3) is 0 Å². The van der Waals surface area contributed by atoms with Gasteiger partial charge in [-0.3, -0.25) is 0 Å². The first-order chi connectivity index (χ1) is 23.6. The van der Waals surface area contributed by atoms with E-state index in [9.17, 15) is 0 Å². The number of aromatic nitrogens is 8. The predicted octanol–water partition coefficient (Wildman–Crippen LogP) is 8.39. The Balaban J connectivity index is 0.000000151. The molecule has 4 aliphatic heterocycles. The number of hydrogen-bond acceptors (Lipinski definition) is 4. The predicted molar refractivity (Wildman–Crippen MR) is 206 cm³/mol. The Morgan fingerprint density at radius 1 is 0.260 bits per heavy atom. The van der Waals surface area contributed by atoms with E-state index < -0.39 is 0 Å². The van der Waals surface area contributed by atoms with E-state index in [1.807, 2.05) is 97.1 Å². The van der Waals surface area contributed by atoms with Crippen LogP contribution >= 0.6 is 0 Å². The van der Waals surface area contributed by atoms with E-state index >= 15 is 0 Å². The Bertz CT molecular complexity index is 2170. The average molecular weight is 712 g/mol. The molecule has 10 heterocycles. The normalized spacial score (nSPS) is 12.2. The first kappa shape index (κ1) is 33.1. The largest absolute Gasteiger partial charge is 0.355 e. The van der Waals surface area contributed by atoms with Gasteiger partial charge in [0.15, 0.2) is 0 Å². The minimum Gasteiger partial charge on any atom is -0.355 e. The molecule has 4 N–H and O–H groups in total. The SMILES string of the molecule is C1=Cc2cc3ccc(cc4nc(cc5ccc(cc1n2)[nH]5)C=C4)[nH]3.C1=Cc2cc3ccc(cc4nc(cc5ccc(cc1n2)[nH]5)C=C4)[nH]3.[MgH2].[Zn]. The van der Waals surface area contributed by atoms with Crippen LogP contribution < -0.4 is 0 Å². The van der Waals surface area contributed by atoms with Gasteiger partial charge in [-0.25, -0.2) is 19.9 Å². The Morgan fingerprint density at radius 2 is 0.400 bits per heavy atom.